The molecule has 0 aliphatic carbocycles. The van der Waals surface area contributed by atoms with E-state index in [1.807, 2.05) is 40.0 Å². The second kappa shape index (κ2) is 14.2. The first kappa shape index (κ1) is 31.8. The number of carbonyl (C=O) groups is 2. The van der Waals surface area contributed by atoms with Crippen molar-refractivity contribution in [3.63, 3.8) is 0 Å². The SMILES string of the molecule is CNS(=O)(=O)c1cccc(/C=C(\C)[C@H]2OC(=O)C[C@@H](O)CC[C@@H](C)[C@@H](OC(=O)N3CCN(C)CC3)/C=C\[C@@H]2C)c1. The van der Waals surface area contributed by atoms with E-state index in [1.165, 1.54) is 13.1 Å². The number of nitrogens with zero attached hydrogens (tertiary/aromatic N) is 2. The fourth-order valence-electron chi connectivity index (χ4n) is 4.86. The molecule has 5 atom stereocenters. The summed E-state index contributed by atoms with van der Waals surface area (Å²) in [6.45, 7) is 8.48. The van der Waals surface area contributed by atoms with Crippen LogP contribution in [-0.2, 0) is 24.3 Å². The van der Waals surface area contributed by atoms with Crippen molar-refractivity contribution in [2.75, 3.05) is 40.3 Å². The predicted octanol–water partition coefficient (Wildman–Crippen LogP) is 3.04. The third-order valence-corrected chi connectivity index (χ3v) is 8.95. The summed E-state index contributed by atoms with van der Waals surface area (Å²) < 4.78 is 38.6. The Hall–Kier alpha value is -2.73. The summed E-state index contributed by atoms with van der Waals surface area (Å²) >= 11 is 0. The number of piperazine rings is 1. The van der Waals surface area contributed by atoms with Crippen molar-refractivity contribution in [3.8, 4) is 0 Å². The van der Waals surface area contributed by atoms with Gasteiger partial charge in [-0.05, 0) is 69.1 Å². The molecule has 0 saturated carbocycles. The Balaban J connectivity index is 1.87. The molecule has 1 aromatic carbocycles. The van der Waals surface area contributed by atoms with Crippen LogP contribution in [0.25, 0.3) is 6.08 Å². The fraction of sp³-hybridized carbons (Fsp3) is 0.586. The van der Waals surface area contributed by atoms with Crippen molar-refractivity contribution in [2.24, 2.45) is 11.8 Å². The minimum Gasteiger partial charge on any atom is -0.457 e. The van der Waals surface area contributed by atoms with Crippen molar-refractivity contribution in [2.45, 2.75) is 63.2 Å². The van der Waals surface area contributed by atoms with Crippen LogP contribution in [0.2, 0.25) is 0 Å². The average Bonchev–Trinajstić information content (AvgIpc) is 2.92. The molecule has 0 spiro atoms. The number of likely N-dealkylation sites (N-methyl/N-ethyl adjacent to an activating group) is 1. The summed E-state index contributed by atoms with van der Waals surface area (Å²) in [4.78, 5) is 29.7. The highest BCUT2D eigenvalue weighted by atomic mass is 32.2. The highest BCUT2D eigenvalue weighted by Gasteiger charge is 2.29. The van der Waals surface area contributed by atoms with Crippen LogP contribution in [0, 0.1) is 11.8 Å². The lowest BCUT2D eigenvalue weighted by Crippen LogP contribution is -2.48. The Morgan fingerprint density at radius 1 is 1.15 bits per heavy atom. The monoisotopic (exact) mass is 577 g/mol. The zero-order valence-electron chi connectivity index (χ0n) is 24.1. The number of hydrogen-bond donors (Lipinski definition) is 2. The van der Waals surface area contributed by atoms with Gasteiger partial charge in [0.1, 0.15) is 12.2 Å². The highest BCUT2D eigenvalue weighted by molar-refractivity contribution is 7.89. The van der Waals surface area contributed by atoms with Gasteiger partial charge in [0.15, 0.2) is 0 Å². The molecule has 2 heterocycles. The third kappa shape index (κ3) is 8.89. The number of aliphatic hydroxyl groups excluding tert-OH is 1. The fourth-order valence-corrected chi connectivity index (χ4v) is 5.65. The lowest BCUT2D eigenvalue weighted by molar-refractivity contribution is -0.151. The summed E-state index contributed by atoms with van der Waals surface area (Å²) in [7, 11) is -0.242. The van der Waals surface area contributed by atoms with E-state index in [9.17, 15) is 23.1 Å². The number of aliphatic hydroxyl groups is 1. The van der Waals surface area contributed by atoms with Gasteiger partial charge in [-0.25, -0.2) is 17.9 Å². The molecule has 11 heteroatoms. The predicted molar refractivity (Wildman–Crippen MR) is 153 cm³/mol. The number of rotatable bonds is 5. The molecule has 40 heavy (non-hydrogen) atoms. The van der Waals surface area contributed by atoms with Crippen LogP contribution >= 0.6 is 0 Å². The lowest BCUT2D eigenvalue weighted by Gasteiger charge is -2.33. The summed E-state index contributed by atoms with van der Waals surface area (Å²) in [6.07, 6.45) is 3.91. The molecule has 1 aromatic rings. The van der Waals surface area contributed by atoms with Crippen molar-refractivity contribution in [1.82, 2.24) is 14.5 Å². The van der Waals surface area contributed by atoms with E-state index in [-0.39, 0.29) is 29.2 Å². The second-order valence-electron chi connectivity index (χ2n) is 10.9. The maximum Gasteiger partial charge on any atom is 0.410 e. The quantitative estimate of drug-likeness (QED) is 0.404. The van der Waals surface area contributed by atoms with Gasteiger partial charge in [-0.15, -0.1) is 0 Å². The summed E-state index contributed by atoms with van der Waals surface area (Å²) in [6, 6.07) is 6.48. The molecular formula is C29H43N3O7S. The van der Waals surface area contributed by atoms with E-state index in [2.05, 4.69) is 9.62 Å². The Bertz CT molecular complexity index is 1190. The molecule has 2 N–H and O–H groups in total. The first-order chi connectivity index (χ1) is 18.9. The standard InChI is InChI=1S/C29H43N3O7S/c1-20-9-11-24(33)19-27(34)39-28(22(3)17-23-7-6-8-25(18-23)40(36,37)30-4)21(2)10-12-26(20)38-29(35)32-15-13-31(5)14-16-32/h6-8,10,12,17-18,20-21,24,26,28,30,33H,9,11,13-16,19H2,1-5H3/b12-10-,22-17+/t20-,21+,24+,26+,28+/m1/s1. The first-order valence-corrected chi connectivity index (χ1v) is 15.3. The van der Waals surface area contributed by atoms with Gasteiger partial charge in [-0.2, -0.15) is 0 Å². The smallest absolute Gasteiger partial charge is 0.410 e. The van der Waals surface area contributed by atoms with E-state index in [4.69, 9.17) is 9.47 Å². The normalized spacial score (nSPS) is 28.6. The molecule has 1 saturated heterocycles. The van der Waals surface area contributed by atoms with Crippen LogP contribution in [0.4, 0.5) is 4.79 Å². The van der Waals surface area contributed by atoms with Crippen LogP contribution in [0.1, 0.15) is 45.6 Å². The van der Waals surface area contributed by atoms with Crippen LogP contribution in [0.3, 0.4) is 0 Å². The number of ether oxygens (including phenoxy) is 2. The average molecular weight is 578 g/mol. The Labute approximate surface area is 238 Å². The minimum atomic E-state index is -3.62. The van der Waals surface area contributed by atoms with Crippen LogP contribution in [-0.4, -0.2) is 94.0 Å². The van der Waals surface area contributed by atoms with Crippen LogP contribution in [0.15, 0.2) is 46.9 Å². The van der Waals surface area contributed by atoms with E-state index >= 15 is 0 Å². The summed E-state index contributed by atoms with van der Waals surface area (Å²) in [5.41, 5.74) is 1.34. The van der Waals surface area contributed by atoms with Gasteiger partial charge >= 0.3 is 12.1 Å². The van der Waals surface area contributed by atoms with Gasteiger partial charge in [0.05, 0.1) is 17.4 Å². The van der Waals surface area contributed by atoms with Crippen molar-refractivity contribution >= 4 is 28.2 Å². The van der Waals surface area contributed by atoms with Gasteiger partial charge in [0.2, 0.25) is 10.0 Å². The van der Waals surface area contributed by atoms with Crippen molar-refractivity contribution < 1.29 is 32.6 Å². The highest BCUT2D eigenvalue weighted by Crippen LogP contribution is 2.26. The van der Waals surface area contributed by atoms with Crippen LogP contribution < -0.4 is 4.72 Å². The number of nitrogens with one attached hydrogen (secondary N) is 1. The zero-order chi connectivity index (χ0) is 29.4. The number of cyclic esters (lactones) is 1. The van der Waals surface area contributed by atoms with Gasteiger partial charge in [0, 0.05) is 32.1 Å². The number of carbonyl (C=O) groups excluding carboxylic acids is 2. The van der Waals surface area contributed by atoms with E-state index in [1.54, 1.807) is 29.2 Å². The molecular weight excluding hydrogens is 534 g/mol. The Morgan fingerprint density at radius 3 is 2.52 bits per heavy atom. The molecule has 10 nitrogen and oxygen atoms in total. The van der Waals surface area contributed by atoms with E-state index < -0.39 is 34.3 Å². The number of sulfonamides is 1. The van der Waals surface area contributed by atoms with Gasteiger partial charge < -0.3 is 24.4 Å². The number of amides is 1. The number of hydrogen-bond acceptors (Lipinski definition) is 8. The van der Waals surface area contributed by atoms with E-state index in [0.29, 0.717) is 37.1 Å². The largest absolute Gasteiger partial charge is 0.457 e. The van der Waals surface area contributed by atoms with Crippen molar-refractivity contribution in [3.05, 3.63) is 47.6 Å². The van der Waals surface area contributed by atoms with Gasteiger partial charge in [-0.3, -0.25) is 4.79 Å². The summed E-state index contributed by atoms with van der Waals surface area (Å²) in [5.74, 6) is -0.877. The molecule has 0 radical (unpaired) electrons. The van der Waals surface area contributed by atoms with Crippen LogP contribution in [0.5, 0.6) is 0 Å². The third-order valence-electron chi connectivity index (χ3n) is 7.54. The zero-order valence-corrected chi connectivity index (χ0v) is 24.9. The topological polar surface area (TPSA) is 125 Å². The molecule has 3 rings (SSSR count). The van der Waals surface area contributed by atoms with Crippen molar-refractivity contribution in [1.29, 1.82) is 0 Å². The Kier molecular flexibility index (Phi) is 11.3. The molecule has 0 bridgehead atoms. The maximum absolute atomic E-state index is 13.0. The molecule has 2 aliphatic heterocycles. The number of esters is 1. The molecule has 0 aromatic heterocycles. The summed E-state index contributed by atoms with van der Waals surface area (Å²) in [5, 5.41) is 10.5. The second-order valence-corrected chi connectivity index (χ2v) is 12.8. The molecule has 2 aliphatic rings. The molecule has 0 unspecified atom stereocenters. The lowest BCUT2D eigenvalue weighted by atomic mass is 9.91. The van der Waals surface area contributed by atoms with E-state index in [0.717, 1.165) is 13.1 Å². The minimum absolute atomic E-state index is 0.0723. The van der Waals surface area contributed by atoms with Gasteiger partial charge in [0.25, 0.3) is 0 Å². The number of benzene rings is 1. The maximum atomic E-state index is 13.0. The van der Waals surface area contributed by atoms with Gasteiger partial charge in [-0.1, -0.05) is 38.1 Å². The molecule has 1 fully saturated rings. The first-order valence-electron chi connectivity index (χ1n) is 13.8. The molecule has 1 amide bonds. The molecule has 222 valence electrons. The Morgan fingerprint density at radius 2 is 1.85 bits per heavy atom.